The SMILES string of the molecule is CC(=O)O.NC1=N[C@@H]2CCCC[C@H]2SCC1. The van der Waals surface area contributed by atoms with E-state index in [0.717, 1.165) is 24.4 Å². The van der Waals surface area contributed by atoms with E-state index in [-0.39, 0.29) is 0 Å². The lowest BCUT2D eigenvalue weighted by atomic mass is 9.95. The van der Waals surface area contributed by atoms with Crippen LogP contribution in [0.25, 0.3) is 0 Å². The summed E-state index contributed by atoms with van der Waals surface area (Å²) in [6.45, 7) is 1.08. The maximum atomic E-state index is 9.00. The van der Waals surface area contributed by atoms with Crippen molar-refractivity contribution in [2.24, 2.45) is 10.7 Å². The third-order valence-corrected chi connectivity index (χ3v) is 4.11. The molecule has 0 radical (unpaired) electrons. The molecule has 0 unspecified atom stereocenters. The summed E-state index contributed by atoms with van der Waals surface area (Å²) in [5, 5.41) is 8.19. The zero-order chi connectivity index (χ0) is 12.0. The largest absolute Gasteiger partial charge is 0.481 e. The van der Waals surface area contributed by atoms with Crippen LogP contribution in [0.2, 0.25) is 0 Å². The molecule has 4 nitrogen and oxygen atoms in total. The molecular weight excluding hydrogens is 224 g/mol. The highest BCUT2D eigenvalue weighted by atomic mass is 32.2. The molecule has 0 spiro atoms. The fraction of sp³-hybridized carbons (Fsp3) is 0.818. The zero-order valence-electron chi connectivity index (χ0n) is 9.69. The predicted molar refractivity (Wildman–Crippen MR) is 68.1 cm³/mol. The summed E-state index contributed by atoms with van der Waals surface area (Å²) in [6.07, 6.45) is 6.35. The Hall–Kier alpha value is -0.710. The van der Waals surface area contributed by atoms with Crippen LogP contribution in [-0.2, 0) is 4.79 Å². The molecule has 1 saturated carbocycles. The topological polar surface area (TPSA) is 75.7 Å². The van der Waals surface area contributed by atoms with Gasteiger partial charge < -0.3 is 10.8 Å². The Balaban J connectivity index is 0.000000280. The van der Waals surface area contributed by atoms with Gasteiger partial charge in [-0.1, -0.05) is 12.8 Å². The van der Waals surface area contributed by atoms with Crippen LogP contribution in [0.15, 0.2) is 4.99 Å². The second kappa shape index (κ2) is 6.78. The number of carboxylic acid groups (broad SMARTS) is 1. The Morgan fingerprint density at radius 3 is 2.81 bits per heavy atom. The highest BCUT2D eigenvalue weighted by Gasteiger charge is 2.26. The fourth-order valence-corrected chi connectivity index (χ4v) is 3.39. The molecule has 3 N–H and O–H groups in total. The van der Waals surface area contributed by atoms with Crippen LogP contribution in [0.1, 0.15) is 39.0 Å². The van der Waals surface area contributed by atoms with Crippen molar-refractivity contribution in [3.63, 3.8) is 0 Å². The summed E-state index contributed by atoms with van der Waals surface area (Å²) in [5.74, 6) is 1.23. The number of carbonyl (C=O) groups is 1. The number of nitrogens with two attached hydrogens (primary N) is 1. The van der Waals surface area contributed by atoms with E-state index in [9.17, 15) is 0 Å². The summed E-state index contributed by atoms with van der Waals surface area (Å²) >= 11 is 2.08. The van der Waals surface area contributed by atoms with Gasteiger partial charge in [0.25, 0.3) is 5.97 Å². The standard InChI is InChI=1S/C9H16N2S.C2H4O2/c10-9-5-6-12-8-4-2-1-3-7(8)11-9;1-2(3)4/h7-8H,1-6H2,(H2,10,11);1H3,(H,3,4)/t7-,8-;/m1./s1. The first-order valence-corrected chi connectivity index (χ1v) is 6.77. The minimum absolute atomic E-state index is 0.547. The molecule has 1 aliphatic heterocycles. The number of hydrogen-bond acceptors (Lipinski definition) is 4. The van der Waals surface area contributed by atoms with E-state index >= 15 is 0 Å². The van der Waals surface area contributed by atoms with Gasteiger partial charge >= 0.3 is 0 Å². The van der Waals surface area contributed by atoms with Crippen molar-refractivity contribution in [1.29, 1.82) is 0 Å². The first kappa shape index (κ1) is 13.4. The number of nitrogens with zero attached hydrogens (tertiary/aromatic N) is 1. The fourth-order valence-electron chi connectivity index (χ4n) is 2.01. The second-order valence-corrected chi connectivity index (χ2v) is 5.50. The number of amidine groups is 1. The lowest BCUT2D eigenvalue weighted by molar-refractivity contribution is -0.134. The molecule has 1 heterocycles. The lowest BCUT2D eigenvalue weighted by Gasteiger charge is -2.26. The molecule has 0 aromatic heterocycles. The summed E-state index contributed by atoms with van der Waals surface area (Å²) < 4.78 is 0. The average Bonchev–Trinajstić information content (AvgIpc) is 2.37. The number of hydrogen-bond donors (Lipinski definition) is 2. The first-order valence-electron chi connectivity index (χ1n) is 5.73. The molecule has 0 bridgehead atoms. The van der Waals surface area contributed by atoms with E-state index in [0.29, 0.717) is 6.04 Å². The van der Waals surface area contributed by atoms with Gasteiger partial charge in [0.1, 0.15) is 0 Å². The van der Waals surface area contributed by atoms with Gasteiger partial charge in [-0.2, -0.15) is 11.8 Å². The van der Waals surface area contributed by atoms with Crippen LogP contribution in [0.4, 0.5) is 0 Å². The van der Waals surface area contributed by atoms with Crippen molar-refractivity contribution in [3.8, 4) is 0 Å². The van der Waals surface area contributed by atoms with E-state index in [2.05, 4.69) is 16.8 Å². The summed E-state index contributed by atoms with van der Waals surface area (Å²) in [6, 6.07) is 0.547. The number of rotatable bonds is 0. The smallest absolute Gasteiger partial charge is 0.300 e. The maximum absolute atomic E-state index is 9.00. The Kier molecular flexibility index (Phi) is 5.66. The van der Waals surface area contributed by atoms with Gasteiger partial charge in [-0.25, -0.2) is 0 Å². The molecule has 0 aromatic carbocycles. The van der Waals surface area contributed by atoms with E-state index in [1.54, 1.807) is 0 Å². The van der Waals surface area contributed by atoms with Gasteiger partial charge in [-0.3, -0.25) is 9.79 Å². The number of aliphatic carboxylic acids is 1. The highest BCUT2D eigenvalue weighted by Crippen LogP contribution is 2.32. The molecule has 5 heteroatoms. The maximum Gasteiger partial charge on any atom is 0.300 e. The van der Waals surface area contributed by atoms with Gasteiger partial charge in [0.2, 0.25) is 0 Å². The summed E-state index contributed by atoms with van der Waals surface area (Å²) in [4.78, 5) is 13.6. The van der Waals surface area contributed by atoms with Crippen LogP contribution in [-0.4, -0.2) is 34.0 Å². The van der Waals surface area contributed by atoms with Gasteiger partial charge in [-0.15, -0.1) is 0 Å². The Labute approximate surface area is 101 Å². The van der Waals surface area contributed by atoms with Gasteiger partial charge in [0.05, 0.1) is 11.9 Å². The van der Waals surface area contributed by atoms with Crippen LogP contribution < -0.4 is 5.73 Å². The number of aliphatic imine (C=N–C) groups is 1. The number of carboxylic acids is 1. The predicted octanol–water partition coefficient (Wildman–Crippen LogP) is 1.88. The van der Waals surface area contributed by atoms with E-state index in [1.807, 2.05) is 0 Å². The van der Waals surface area contributed by atoms with Crippen LogP contribution in [0.5, 0.6) is 0 Å². The molecular formula is C11H20N2O2S. The van der Waals surface area contributed by atoms with Gasteiger partial charge in [0, 0.05) is 24.3 Å². The average molecular weight is 244 g/mol. The van der Waals surface area contributed by atoms with Crippen molar-refractivity contribution in [3.05, 3.63) is 0 Å². The molecule has 16 heavy (non-hydrogen) atoms. The van der Waals surface area contributed by atoms with Crippen LogP contribution in [0, 0.1) is 0 Å². The molecule has 2 rings (SSSR count). The number of thioether (sulfide) groups is 1. The van der Waals surface area contributed by atoms with Crippen LogP contribution in [0.3, 0.4) is 0 Å². The molecule has 0 saturated heterocycles. The van der Waals surface area contributed by atoms with E-state index in [4.69, 9.17) is 15.6 Å². The zero-order valence-corrected chi connectivity index (χ0v) is 10.5. The summed E-state index contributed by atoms with van der Waals surface area (Å²) in [5.41, 5.74) is 5.78. The Morgan fingerprint density at radius 2 is 2.12 bits per heavy atom. The number of fused-ring (bicyclic) bond motifs is 1. The van der Waals surface area contributed by atoms with Crippen LogP contribution >= 0.6 is 11.8 Å². The molecule has 2 aliphatic rings. The third-order valence-electron chi connectivity index (χ3n) is 2.69. The van der Waals surface area contributed by atoms with Crippen molar-refractivity contribution in [2.75, 3.05) is 5.75 Å². The van der Waals surface area contributed by atoms with Gasteiger partial charge in [0.15, 0.2) is 0 Å². The second-order valence-electron chi connectivity index (χ2n) is 4.15. The first-order chi connectivity index (χ1) is 7.59. The molecule has 0 aromatic rings. The molecule has 0 amide bonds. The minimum Gasteiger partial charge on any atom is -0.481 e. The minimum atomic E-state index is -0.833. The monoisotopic (exact) mass is 244 g/mol. The van der Waals surface area contributed by atoms with E-state index < -0.39 is 5.97 Å². The molecule has 92 valence electrons. The normalized spacial score (nSPS) is 28.9. The highest BCUT2D eigenvalue weighted by molar-refractivity contribution is 8.00. The van der Waals surface area contributed by atoms with Crippen molar-refractivity contribution in [1.82, 2.24) is 0 Å². The van der Waals surface area contributed by atoms with E-state index in [1.165, 1.54) is 31.4 Å². The van der Waals surface area contributed by atoms with Gasteiger partial charge in [-0.05, 0) is 12.8 Å². The molecule has 2 atom stereocenters. The van der Waals surface area contributed by atoms with Crippen molar-refractivity contribution in [2.45, 2.75) is 50.3 Å². The quantitative estimate of drug-likeness (QED) is 0.682. The summed E-state index contributed by atoms with van der Waals surface area (Å²) in [7, 11) is 0. The lowest BCUT2D eigenvalue weighted by Crippen LogP contribution is -2.26. The van der Waals surface area contributed by atoms with Crippen molar-refractivity contribution < 1.29 is 9.90 Å². The molecule has 1 aliphatic carbocycles. The Morgan fingerprint density at radius 1 is 1.50 bits per heavy atom. The third kappa shape index (κ3) is 4.88. The van der Waals surface area contributed by atoms with Crippen molar-refractivity contribution >= 4 is 23.6 Å². The molecule has 1 fully saturated rings. The Bertz CT molecular complexity index is 265.